The Kier molecular flexibility index (Phi) is 2.74. The summed E-state index contributed by atoms with van der Waals surface area (Å²) >= 11 is 1.56. The number of nitrogens with one attached hydrogen (secondary N) is 1. The number of benzene rings is 1. The van der Waals surface area contributed by atoms with Gasteiger partial charge in [-0.2, -0.15) is 4.98 Å². The van der Waals surface area contributed by atoms with E-state index in [4.69, 9.17) is 5.73 Å². The summed E-state index contributed by atoms with van der Waals surface area (Å²) in [6.45, 7) is 0.859. The van der Waals surface area contributed by atoms with E-state index in [0.29, 0.717) is 11.1 Å². The monoisotopic (exact) mass is 204 g/mol. The number of nitrogens with two attached hydrogens (primary N) is 1. The molecule has 0 aliphatic heterocycles. The van der Waals surface area contributed by atoms with Gasteiger partial charge in [-0.15, -0.1) is 16.7 Å². The lowest BCUT2D eigenvalue weighted by atomic mass is 9.95. The predicted molar refractivity (Wildman–Crippen MR) is 59.9 cm³/mol. The Labute approximate surface area is 86.5 Å². The van der Waals surface area contributed by atoms with E-state index >= 15 is 0 Å². The van der Waals surface area contributed by atoms with Crippen LogP contribution in [0.2, 0.25) is 0 Å². The average Bonchev–Trinajstić information content (AvgIpc) is 2.63. The molecule has 2 rings (SSSR count). The van der Waals surface area contributed by atoms with Gasteiger partial charge in [0.25, 0.3) is 0 Å². The molecule has 3 N–H and O–H groups in total. The van der Waals surface area contributed by atoms with E-state index < -0.39 is 0 Å². The van der Waals surface area contributed by atoms with Crippen molar-refractivity contribution < 1.29 is 0 Å². The third kappa shape index (κ3) is 2.29. The van der Waals surface area contributed by atoms with E-state index in [9.17, 15) is 0 Å². The highest BCUT2D eigenvalue weighted by atomic mass is 32.2. The number of nitrogens with zero attached hydrogens (tertiary/aromatic N) is 2. The number of aromatic nitrogens is 3. The molecule has 1 aromatic carbocycles. The van der Waals surface area contributed by atoms with Crippen molar-refractivity contribution in [3.63, 3.8) is 0 Å². The van der Waals surface area contributed by atoms with Crippen LogP contribution in [0.15, 0.2) is 35.5 Å². The molecule has 14 heavy (non-hydrogen) atoms. The molecular formula is C8H9BN4S. The molecule has 0 spiro atoms. The first-order valence-corrected chi connectivity index (χ1v) is 5.18. The fourth-order valence-corrected chi connectivity index (χ4v) is 1.81. The van der Waals surface area contributed by atoms with Crippen molar-refractivity contribution in [1.29, 1.82) is 0 Å². The maximum atomic E-state index is 5.41. The van der Waals surface area contributed by atoms with Gasteiger partial charge in [-0.3, -0.25) is 0 Å². The van der Waals surface area contributed by atoms with E-state index in [0.717, 1.165) is 6.56 Å². The zero-order valence-electron chi connectivity index (χ0n) is 7.47. The molecule has 0 bridgehead atoms. The molecule has 0 amide bonds. The van der Waals surface area contributed by atoms with Crippen molar-refractivity contribution >= 4 is 29.6 Å². The Balaban J connectivity index is 1.95. The number of rotatable bonds is 3. The number of hydrogen-bond acceptors (Lipinski definition) is 4. The van der Waals surface area contributed by atoms with Crippen LogP contribution in [-0.4, -0.2) is 21.7 Å². The zero-order chi connectivity index (χ0) is 9.80. The predicted octanol–water partition coefficient (Wildman–Crippen LogP) is 0.156. The van der Waals surface area contributed by atoms with Crippen molar-refractivity contribution in [2.45, 2.75) is 5.16 Å². The minimum Gasteiger partial charge on any atom is -0.368 e. The van der Waals surface area contributed by atoms with Crippen LogP contribution in [0.4, 0.5) is 5.95 Å². The molecule has 1 aromatic heterocycles. The van der Waals surface area contributed by atoms with Crippen LogP contribution in [0.25, 0.3) is 0 Å². The van der Waals surface area contributed by atoms with Gasteiger partial charge in [0.2, 0.25) is 12.5 Å². The second kappa shape index (κ2) is 4.19. The first-order chi connectivity index (χ1) is 6.84. The SMILES string of the molecule is Nc1nc(SBc2ccccc2)n[nH]1. The summed E-state index contributed by atoms with van der Waals surface area (Å²) in [5.41, 5.74) is 6.66. The third-order valence-electron chi connectivity index (χ3n) is 1.69. The normalized spacial score (nSPS) is 10.0. The molecule has 70 valence electrons. The molecule has 0 radical (unpaired) electrons. The molecule has 0 aliphatic carbocycles. The topological polar surface area (TPSA) is 67.6 Å². The molecule has 0 aliphatic rings. The Bertz CT molecular complexity index is 403. The maximum Gasteiger partial charge on any atom is 0.235 e. The molecule has 6 heteroatoms. The van der Waals surface area contributed by atoms with Crippen LogP contribution < -0.4 is 11.2 Å². The molecule has 0 fully saturated rings. The Morgan fingerprint density at radius 2 is 2.07 bits per heavy atom. The fraction of sp³-hybridized carbons (Fsp3) is 0. The van der Waals surface area contributed by atoms with E-state index in [1.165, 1.54) is 5.46 Å². The molecule has 0 saturated carbocycles. The summed E-state index contributed by atoms with van der Waals surface area (Å²) in [4.78, 5) is 4.00. The maximum absolute atomic E-state index is 5.41. The van der Waals surface area contributed by atoms with E-state index in [1.807, 2.05) is 18.2 Å². The van der Waals surface area contributed by atoms with Gasteiger partial charge in [-0.25, -0.2) is 5.10 Å². The molecule has 4 nitrogen and oxygen atoms in total. The van der Waals surface area contributed by atoms with Crippen LogP contribution in [0.5, 0.6) is 0 Å². The van der Waals surface area contributed by atoms with Gasteiger partial charge in [-0.1, -0.05) is 35.8 Å². The van der Waals surface area contributed by atoms with Gasteiger partial charge in [0, 0.05) is 0 Å². The Morgan fingerprint density at radius 3 is 2.71 bits per heavy atom. The average molecular weight is 204 g/mol. The summed E-state index contributed by atoms with van der Waals surface area (Å²) in [6, 6.07) is 10.2. The first-order valence-electron chi connectivity index (χ1n) is 4.19. The van der Waals surface area contributed by atoms with Gasteiger partial charge in [0.15, 0.2) is 5.16 Å². The van der Waals surface area contributed by atoms with Crippen LogP contribution >= 0.6 is 11.6 Å². The molecule has 2 aromatic rings. The van der Waals surface area contributed by atoms with Crippen molar-refractivity contribution in [2.75, 3.05) is 5.73 Å². The number of anilines is 1. The second-order valence-corrected chi connectivity index (χ2v) is 3.72. The number of nitrogen functional groups attached to an aromatic ring is 1. The van der Waals surface area contributed by atoms with Gasteiger partial charge in [0.05, 0.1) is 0 Å². The molecule has 0 atom stereocenters. The van der Waals surface area contributed by atoms with E-state index in [-0.39, 0.29) is 0 Å². The Hall–Kier alpha value is -1.43. The first kappa shape index (κ1) is 9.14. The van der Waals surface area contributed by atoms with Gasteiger partial charge < -0.3 is 5.73 Å². The van der Waals surface area contributed by atoms with Crippen LogP contribution in [0.1, 0.15) is 0 Å². The smallest absolute Gasteiger partial charge is 0.235 e. The van der Waals surface area contributed by atoms with Gasteiger partial charge >= 0.3 is 0 Å². The zero-order valence-corrected chi connectivity index (χ0v) is 8.29. The summed E-state index contributed by atoms with van der Waals surface area (Å²) in [7, 11) is 0. The fourth-order valence-electron chi connectivity index (χ4n) is 1.04. The minimum absolute atomic E-state index is 0.362. The number of hydrogen-bond donors (Lipinski definition) is 2. The minimum atomic E-state index is 0.362. The summed E-state index contributed by atoms with van der Waals surface area (Å²) in [6.07, 6.45) is 0. The lowest BCUT2D eigenvalue weighted by Gasteiger charge is -1.94. The largest absolute Gasteiger partial charge is 0.368 e. The second-order valence-electron chi connectivity index (χ2n) is 2.78. The highest BCUT2D eigenvalue weighted by Crippen LogP contribution is 2.09. The summed E-state index contributed by atoms with van der Waals surface area (Å²) in [5, 5.41) is 7.22. The van der Waals surface area contributed by atoms with Crippen LogP contribution in [-0.2, 0) is 0 Å². The third-order valence-corrected chi connectivity index (χ3v) is 2.61. The molecule has 1 heterocycles. The molecule has 0 saturated heterocycles. The molecular weight excluding hydrogens is 195 g/mol. The lowest BCUT2D eigenvalue weighted by molar-refractivity contribution is 0.979. The van der Waals surface area contributed by atoms with Crippen molar-refractivity contribution in [3.05, 3.63) is 30.3 Å². The quantitative estimate of drug-likeness (QED) is 0.698. The summed E-state index contributed by atoms with van der Waals surface area (Å²) in [5.74, 6) is 0.362. The van der Waals surface area contributed by atoms with Crippen molar-refractivity contribution in [1.82, 2.24) is 15.2 Å². The van der Waals surface area contributed by atoms with Gasteiger partial charge in [0.1, 0.15) is 0 Å². The van der Waals surface area contributed by atoms with Crippen LogP contribution in [0, 0.1) is 0 Å². The molecule has 0 unspecified atom stereocenters. The lowest BCUT2D eigenvalue weighted by Crippen LogP contribution is -2.09. The van der Waals surface area contributed by atoms with Crippen molar-refractivity contribution in [2.24, 2.45) is 0 Å². The number of aromatic amines is 1. The standard InChI is InChI=1S/C8H9BN4S/c10-7-11-8(13-12-7)14-9-6-4-2-1-3-5-6/h1-5,9H,(H3,10,11,12,13). The van der Waals surface area contributed by atoms with Crippen LogP contribution in [0.3, 0.4) is 0 Å². The van der Waals surface area contributed by atoms with Gasteiger partial charge in [-0.05, 0) is 0 Å². The van der Waals surface area contributed by atoms with E-state index in [2.05, 4.69) is 27.3 Å². The van der Waals surface area contributed by atoms with E-state index in [1.54, 1.807) is 11.6 Å². The summed E-state index contributed by atoms with van der Waals surface area (Å²) < 4.78 is 0. The number of H-pyrrole nitrogens is 1. The van der Waals surface area contributed by atoms with Crippen molar-refractivity contribution in [3.8, 4) is 0 Å². The highest BCUT2D eigenvalue weighted by molar-refractivity contribution is 8.23. The highest BCUT2D eigenvalue weighted by Gasteiger charge is 2.02. The Morgan fingerprint density at radius 1 is 1.29 bits per heavy atom.